The van der Waals surface area contributed by atoms with E-state index in [1.165, 1.54) is 30.6 Å². The Bertz CT molecular complexity index is 1200. The number of carbonyl (C=O) groups is 2. The third-order valence-corrected chi connectivity index (χ3v) is 5.34. The number of hydrogen-bond acceptors (Lipinski definition) is 9. The van der Waals surface area contributed by atoms with Crippen LogP contribution in [0.15, 0.2) is 47.3 Å². The average Bonchev–Trinajstić information content (AvgIpc) is 3.34. The van der Waals surface area contributed by atoms with Crippen molar-refractivity contribution in [3.63, 3.8) is 0 Å². The number of carbonyl (C=O) groups excluding carboxylic acids is 2. The molecule has 35 heavy (non-hydrogen) atoms. The first-order valence-corrected chi connectivity index (χ1v) is 11.4. The van der Waals surface area contributed by atoms with Crippen LogP contribution >= 0.6 is 11.3 Å². The van der Waals surface area contributed by atoms with E-state index in [1.54, 1.807) is 54.2 Å². The molecule has 1 heterocycles. The lowest BCUT2D eigenvalue weighted by atomic mass is 10.1. The Kier molecular flexibility index (Phi) is 8.70. The number of rotatable bonds is 11. The standard InChI is InChI=1S/C23H25N5O6S/c1-27(2)11-22(29)26-16-6-4-5-15(7-16)10-24-23(30)18-8-20(33-3)21(9-19(18)28(31)32)34-12-17-13-35-14-25-17/h4-9,13-14H,10-12H2,1-3H3,(H,24,30)(H,26,29). The van der Waals surface area contributed by atoms with Gasteiger partial charge in [-0.05, 0) is 31.8 Å². The SMILES string of the molecule is COc1cc(C(=O)NCc2cccc(NC(=O)CN(C)C)c2)c([N+](=O)[O-])cc1OCc1cscn1. The lowest BCUT2D eigenvalue weighted by molar-refractivity contribution is -0.385. The fourth-order valence-electron chi connectivity index (χ4n) is 3.14. The highest BCUT2D eigenvalue weighted by Gasteiger charge is 2.25. The monoisotopic (exact) mass is 499 g/mol. The van der Waals surface area contributed by atoms with Crippen LogP contribution in [0.2, 0.25) is 0 Å². The molecule has 0 saturated heterocycles. The van der Waals surface area contributed by atoms with Crippen LogP contribution in [0.1, 0.15) is 21.6 Å². The summed E-state index contributed by atoms with van der Waals surface area (Å²) in [5.41, 5.74) is 3.03. The van der Waals surface area contributed by atoms with Gasteiger partial charge in [-0.15, -0.1) is 11.3 Å². The van der Waals surface area contributed by atoms with E-state index in [9.17, 15) is 19.7 Å². The number of benzene rings is 2. The fraction of sp³-hybridized carbons (Fsp3) is 0.261. The van der Waals surface area contributed by atoms with Gasteiger partial charge in [-0.2, -0.15) is 0 Å². The van der Waals surface area contributed by atoms with Crippen molar-refractivity contribution >= 4 is 34.5 Å². The number of aromatic nitrogens is 1. The highest BCUT2D eigenvalue weighted by Crippen LogP contribution is 2.35. The van der Waals surface area contributed by atoms with Crippen LogP contribution in [0, 0.1) is 10.1 Å². The smallest absolute Gasteiger partial charge is 0.286 e. The van der Waals surface area contributed by atoms with Crippen molar-refractivity contribution in [3.05, 3.63) is 74.2 Å². The number of methoxy groups -OCH3 is 1. The molecular formula is C23H25N5O6S. The van der Waals surface area contributed by atoms with Gasteiger partial charge in [0.1, 0.15) is 12.2 Å². The Balaban J connectivity index is 1.73. The van der Waals surface area contributed by atoms with Crippen LogP contribution in [0.5, 0.6) is 11.5 Å². The van der Waals surface area contributed by atoms with Gasteiger partial charge in [-0.1, -0.05) is 12.1 Å². The van der Waals surface area contributed by atoms with Crippen molar-refractivity contribution in [2.24, 2.45) is 0 Å². The van der Waals surface area contributed by atoms with E-state index in [0.29, 0.717) is 16.9 Å². The zero-order valence-corrected chi connectivity index (χ0v) is 20.3. The molecule has 0 spiro atoms. The Morgan fingerprint density at radius 2 is 2.00 bits per heavy atom. The van der Waals surface area contributed by atoms with Gasteiger partial charge >= 0.3 is 0 Å². The molecule has 3 rings (SSSR count). The third kappa shape index (κ3) is 7.22. The summed E-state index contributed by atoms with van der Waals surface area (Å²) in [5, 5.41) is 18.9. The second-order valence-corrected chi connectivity index (χ2v) is 8.43. The number of nitrogens with zero attached hydrogens (tertiary/aromatic N) is 3. The van der Waals surface area contributed by atoms with Crippen molar-refractivity contribution in [1.29, 1.82) is 0 Å². The molecule has 0 bridgehead atoms. The summed E-state index contributed by atoms with van der Waals surface area (Å²) in [7, 11) is 4.97. The van der Waals surface area contributed by atoms with Gasteiger partial charge in [-0.3, -0.25) is 19.7 Å². The topological polar surface area (TPSA) is 136 Å². The summed E-state index contributed by atoms with van der Waals surface area (Å²) in [5.74, 6) is -0.509. The van der Waals surface area contributed by atoms with Gasteiger partial charge in [0.2, 0.25) is 5.91 Å². The Morgan fingerprint density at radius 3 is 2.66 bits per heavy atom. The molecule has 0 unspecified atom stereocenters. The zero-order chi connectivity index (χ0) is 25.4. The van der Waals surface area contributed by atoms with Gasteiger partial charge in [0.25, 0.3) is 11.6 Å². The number of anilines is 1. The van der Waals surface area contributed by atoms with E-state index in [2.05, 4.69) is 15.6 Å². The van der Waals surface area contributed by atoms with Gasteiger partial charge < -0.3 is 25.0 Å². The molecule has 2 aromatic carbocycles. The largest absolute Gasteiger partial charge is 0.493 e. The Morgan fingerprint density at radius 1 is 1.20 bits per heavy atom. The normalized spacial score (nSPS) is 10.6. The van der Waals surface area contributed by atoms with Crippen LogP contribution in [0.3, 0.4) is 0 Å². The van der Waals surface area contributed by atoms with Crippen molar-refractivity contribution in [1.82, 2.24) is 15.2 Å². The van der Waals surface area contributed by atoms with Crippen LogP contribution in [-0.2, 0) is 17.9 Å². The zero-order valence-electron chi connectivity index (χ0n) is 19.4. The predicted octanol–water partition coefficient (Wildman–Crippen LogP) is 3.07. The molecule has 12 heteroatoms. The molecule has 0 radical (unpaired) electrons. The molecule has 0 aliphatic rings. The molecule has 184 valence electrons. The van der Waals surface area contributed by atoms with E-state index in [1.807, 2.05) is 0 Å². The second kappa shape index (κ2) is 11.9. The van der Waals surface area contributed by atoms with Gasteiger partial charge in [0.05, 0.1) is 35.8 Å². The summed E-state index contributed by atoms with van der Waals surface area (Å²) in [6.45, 7) is 0.428. The predicted molar refractivity (Wildman–Crippen MR) is 131 cm³/mol. The molecule has 1 aromatic heterocycles. The molecule has 0 fully saturated rings. The van der Waals surface area contributed by atoms with E-state index < -0.39 is 16.5 Å². The van der Waals surface area contributed by atoms with Crippen molar-refractivity contribution < 1.29 is 24.0 Å². The summed E-state index contributed by atoms with van der Waals surface area (Å²) in [6, 6.07) is 9.42. The molecule has 0 saturated carbocycles. The number of ether oxygens (including phenoxy) is 2. The van der Waals surface area contributed by atoms with E-state index in [0.717, 1.165) is 0 Å². The number of likely N-dealkylation sites (N-methyl/N-ethyl adjacent to an activating group) is 1. The van der Waals surface area contributed by atoms with Crippen LogP contribution in [-0.4, -0.2) is 54.4 Å². The Labute approximate surface area is 205 Å². The molecule has 3 aromatic rings. The van der Waals surface area contributed by atoms with E-state index in [-0.39, 0.29) is 42.7 Å². The molecule has 11 nitrogen and oxygen atoms in total. The maximum absolute atomic E-state index is 12.9. The first kappa shape index (κ1) is 25.6. The number of nitrogens with one attached hydrogen (secondary N) is 2. The fourth-order valence-corrected chi connectivity index (χ4v) is 3.68. The molecule has 0 aliphatic heterocycles. The van der Waals surface area contributed by atoms with Crippen LogP contribution in [0.4, 0.5) is 11.4 Å². The molecule has 2 N–H and O–H groups in total. The lowest BCUT2D eigenvalue weighted by Gasteiger charge is -2.13. The molecule has 0 aliphatic carbocycles. The number of amides is 2. The minimum absolute atomic E-state index is 0.0950. The Hall–Kier alpha value is -4.03. The summed E-state index contributed by atoms with van der Waals surface area (Å²) >= 11 is 1.40. The van der Waals surface area contributed by atoms with E-state index >= 15 is 0 Å². The minimum Gasteiger partial charge on any atom is -0.493 e. The van der Waals surface area contributed by atoms with Gasteiger partial charge in [0, 0.05) is 23.7 Å². The maximum atomic E-state index is 12.9. The number of thiazole rings is 1. The number of nitro benzene ring substituents is 1. The third-order valence-electron chi connectivity index (χ3n) is 4.71. The van der Waals surface area contributed by atoms with Gasteiger partial charge in [0.15, 0.2) is 11.5 Å². The van der Waals surface area contributed by atoms with E-state index in [4.69, 9.17) is 9.47 Å². The lowest BCUT2D eigenvalue weighted by Crippen LogP contribution is -2.27. The minimum atomic E-state index is -0.650. The van der Waals surface area contributed by atoms with Crippen LogP contribution < -0.4 is 20.1 Å². The average molecular weight is 500 g/mol. The van der Waals surface area contributed by atoms with Crippen molar-refractivity contribution in [2.75, 3.05) is 33.1 Å². The van der Waals surface area contributed by atoms with Gasteiger partial charge in [-0.25, -0.2) is 4.98 Å². The first-order chi connectivity index (χ1) is 16.8. The number of hydrogen-bond donors (Lipinski definition) is 2. The van der Waals surface area contributed by atoms with Crippen molar-refractivity contribution in [3.8, 4) is 11.5 Å². The second-order valence-electron chi connectivity index (χ2n) is 7.71. The summed E-state index contributed by atoms with van der Waals surface area (Å²) in [6.07, 6.45) is 0. The van der Waals surface area contributed by atoms with Crippen molar-refractivity contribution in [2.45, 2.75) is 13.2 Å². The summed E-state index contributed by atoms with van der Waals surface area (Å²) < 4.78 is 10.9. The highest BCUT2D eigenvalue weighted by atomic mass is 32.1. The molecule has 2 amide bonds. The maximum Gasteiger partial charge on any atom is 0.286 e. The van der Waals surface area contributed by atoms with Crippen LogP contribution in [0.25, 0.3) is 0 Å². The highest BCUT2D eigenvalue weighted by molar-refractivity contribution is 7.07. The molecular weight excluding hydrogens is 474 g/mol. The quantitative estimate of drug-likeness (QED) is 0.303. The first-order valence-electron chi connectivity index (χ1n) is 10.4. The molecule has 0 atom stereocenters. The summed E-state index contributed by atoms with van der Waals surface area (Å²) in [4.78, 5) is 41.7. The number of nitro groups is 1.